The monoisotopic (exact) mass is 596 g/mol. The van der Waals surface area contributed by atoms with Crippen LogP contribution < -0.4 is 9.47 Å². The average molecular weight is 599 g/mol. The number of halogens is 4. The molecule has 4 atom stereocenters. The van der Waals surface area contributed by atoms with E-state index in [0.29, 0.717) is 38.2 Å². The molecule has 6 nitrogen and oxygen atoms in total. The summed E-state index contributed by atoms with van der Waals surface area (Å²) in [6.07, 6.45) is 6.40. The zero-order chi connectivity index (χ0) is 24.9. The van der Waals surface area contributed by atoms with E-state index in [9.17, 15) is 9.59 Å². The molecule has 0 radical (unpaired) electrons. The van der Waals surface area contributed by atoms with Crippen LogP contribution in [0.5, 0.6) is 11.5 Å². The van der Waals surface area contributed by atoms with Crippen LogP contribution in [0, 0.1) is 23.7 Å². The topological polar surface area (TPSA) is 68.2 Å². The molecule has 1 aliphatic heterocycles. The lowest BCUT2D eigenvalue weighted by atomic mass is 9.85. The van der Waals surface area contributed by atoms with E-state index in [1.807, 2.05) is 19.1 Å². The number of amides is 2. The van der Waals surface area contributed by atoms with Gasteiger partial charge in [-0.3, -0.25) is 9.59 Å². The molecule has 2 amide bonds. The van der Waals surface area contributed by atoms with Crippen molar-refractivity contribution in [1.29, 1.82) is 0 Å². The number of hydrogen-bond donors (Lipinski definition) is 0. The number of carbonyl (C=O) groups excluding carboxylic acids is 2. The van der Waals surface area contributed by atoms with E-state index in [4.69, 9.17) is 44.3 Å². The fraction of sp³-hybridized carbons (Fsp3) is 0.320. The molecule has 0 N–H and O–H groups in total. The third kappa shape index (κ3) is 4.37. The van der Waals surface area contributed by atoms with Gasteiger partial charge in [0, 0.05) is 10.0 Å². The van der Waals surface area contributed by atoms with Crippen molar-refractivity contribution in [3.63, 3.8) is 0 Å². The molecule has 3 aliphatic rings. The summed E-state index contributed by atoms with van der Waals surface area (Å²) >= 11 is 22.2. The number of hydrogen-bond acceptors (Lipinski definition) is 5. The first-order valence-corrected chi connectivity index (χ1v) is 13.0. The Morgan fingerprint density at radius 2 is 1.74 bits per heavy atom. The van der Waals surface area contributed by atoms with Gasteiger partial charge in [-0.2, -0.15) is 10.1 Å². The number of allylic oxidation sites excluding steroid dienone is 2. The molecule has 35 heavy (non-hydrogen) atoms. The van der Waals surface area contributed by atoms with E-state index in [0.717, 1.165) is 17.0 Å². The smallest absolute Gasteiger partial charge is 0.254 e. The van der Waals surface area contributed by atoms with Crippen LogP contribution in [-0.4, -0.2) is 29.6 Å². The lowest BCUT2D eigenvalue weighted by Crippen LogP contribution is -2.28. The van der Waals surface area contributed by atoms with Crippen LogP contribution in [0.15, 0.2) is 46.0 Å². The molecule has 2 fully saturated rings. The first kappa shape index (κ1) is 24.6. The molecule has 182 valence electrons. The van der Waals surface area contributed by atoms with E-state index < -0.39 is 0 Å². The summed E-state index contributed by atoms with van der Waals surface area (Å²) in [5.41, 5.74) is 1.35. The number of ether oxygens (including phenoxy) is 2. The van der Waals surface area contributed by atoms with Gasteiger partial charge in [-0.1, -0.05) is 53.0 Å². The van der Waals surface area contributed by atoms with Crippen LogP contribution in [0.2, 0.25) is 15.1 Å². The molecule has 0 aromatic heterocycles. The van der Waals surface area contributed by atoms with E-state index in [-0.39, 0.29) is 47.1 Å². The van der Waals surface area contributed by atoms with Crippen LogP contribution >= 0.6 is 50.7 Å². The highest BCUT2D eigenvalue weighted by Gasteiger charge is 2.59. The molecule has 5 rings (SSSR count). The van der Waals surface area contributed by atoms with Crippen molar-refractivity contribution < 1.29 is 19.1 Å². The van der Waals surface area contributed by atoms with E-state index >= 15 is 0 Å². The van der Waals surface area contributed by atoms with Gasteiger partial charge in [0.15, 0.2) is 11.5 Å². The van der Waals surface area contributed by atoms with Crippen molar-refractivity contribution in [3.05, 3.63) is 67.1 Å². The van der Waals surface area contributed by atoms with Crippen molar-refractivity contribution in [1.82, 2.24) is 5.01 Å². The largest absolute Gasteiger partial charge is 0.490 e. The highest BCUT2D eigenvalue weighted by molar-refractivity contribution is 9.10. The van der Waals surface area contributed by atoms with Crippen molar-refractivity contribution >= 4 is 68.8 Å². The number of carbonyl (C=O) groups is 2. The summed E-state index contributed by atoms with van der Waals surface area (Å²) in [7, 11) is 0. The summed E-state index contributed by atoms with van der Waals surface area (Å²) in [5.74, 6) is -0.118. The predicted molar refractivity (Wildman–Crippen MR) is 138 cm³/mol. The maximum absolute atomic E-state index is 12.9. The molecular formula is C25H20BrCl3N2O4. The van der Waals surface area contributed by atoms with Crippen LogP contribution in [0.25, 0.3) is 0 Å². The van der Waals surface area contributed by atoms with Crippen molar-refractivity contribution in [3.8, 4) is 11.5 Å². The Bertz CT molecular complexity index is 1250. The normalized spacial score (nSPS) is 24.7. The van der Waals surface area contributed by atoms with Crippen molar-refractivity contribution in [2.75, 3.05) is 6.61 Å². The Morgan fingerprint density at radius 3 is 2.37 bits per heavy atom. The maximum Gasteiger partial charge on any atom is 0.254 e. The highest BCUT2D eigenvalue weighted by atomic mass is 79.9. The molecule has 2 aromatic rings. The Hall–Kier alpha value is -2.06. The summed E-state index contributed by atoms with van der Waals surface area (Å²) < 4.78 is 12.2. The molecule has 1 heterocycles. The van der Waals surface area contributed by atoms with Crippen LogP contribution in [0.3, 0.4) is 0 Å². The van der Waals surface area contributed by atoms with Gasteiger partial charge in [0.2, 0.25) is 0 Å². The third-order valence-corrected chi connectivity index (χ3v) is 8.76. The minimum Gasteiger partial charge on any atom is -0.490 e. The van der Waals surface area contributed by atoms with E-state index in [2.05, 4.69) is 21.0 Å². The predicted octanol–water partition coefficient (Wildman–Crippen LogP) is 6.53. The zero-order valence-corrected chi connectivity index (χ0v) is 22.4. The Kier molecular flexibility index (Phi) is 6.87. The van der Waals surface area contributed by atoms with Gasteiger partial charge < -0.3 is 9.47 Å². The summed E-state index contributed by atoms with van der Waals surface area (Å²) in [6, 6.07) is 6.92. The highest BCUT2D eigenvalue weighted by Crippen LogP contribution is 2.52. The molecule has 2 aromatic carbocycles. The van der Waals surface area contributed by atoms with Crippen LogP contribution in [0.1, 0.15) is 24.5 Å². The lowest BCUT2D eigenvalue weighted by Gasteiger charge is -2.17. The minimum absolute atomic E-state index is 0.124. The van der Waals surface area contributed by atoms with Crippen LogP contribution in [0.4, 0.5) is 0 Å². The average Bonchev–Trinajstić information content (AvgIpc) is 3.52. The second-order valence-corrected chi connectivity index (χ2v) is 10.6. The molecule has 0 unspecified atom stereocenters. The Labute approximate surface area is 225 Å². The van der Waals surface area contributed by atoms with Gasteiger partial charge in [-0.25, -0.2) is 0 Å². The number of imide groups is 1. The molecule has 2 bridgehead atoms. The van der Waals surface area contributed by atoms with Gasteiger partial charge >= 0.3 is 0 Å². The fourth-order valence-electron chi connectivity index (χ4n) is 5.00. The maximum atomic E-state index is 12.9. The third-order valence-electron chi connectivity index (χ3n) is 6.58. The minimum atomic E-state index is -0.308. The zero-order valence-electron chi connectivity index (χ0n) is 18.5. The van der Waals surface area contributed by atoms with Crippen molar-refractivity contribution in [2.24, 2.45) is 28.8 Å². The summed E-state index contributed by atoms with van der Waals surface area (Å²) in [4.78, 5) is 25.8. The van der Waals surface area contributed by atoms with Gasteiger partial charge in [0.05, 0.1) is 34.7 Å². The Balaban J connectivity index is 1.39. The Morgan fingerprint density at radius 1 is 1.06 bits per heavy atom. The second kappa shape index (κ2) is 9.77. The molecular weight excluding hydrogens is 579 g/mol. The SMILES string of the molecule is CCOc1cc(C=NN2C(=O)[C@@H]3[C@H](C2=O)[C@H]2C=C[C@H]3C2)c(Br)c(Cl)c1OCc1ccc(Cl)c(Cl)c1. The first-order chi connectivity index (χ1) is 16.8. The van der Waals surface area contributed by atoms with Gasteiger partial charge in [-0.05, 0) is 64.9 Å². The number of hydrazone groups is 1. The molecule has 2 aliphatic carbocycles. The number of fused-ring (bicyclic) bond motifs is 5. The van der Waals surface area contributed by atoms with Gasteiger partial charge in [0.25, 0.3) is 11.8 Å². The van der Waals surface area contributed by atoms with Crippen LogP contribution in [-0.2, 0) is 16.2 Å². The second-order valence-electron chi connectivity index (χ2n) is 8.62. The summed E-state index contributed by atoms with van der Waals surface area (Å²) in [5, 5.41) is 6.40. The number of nitrogens with zero attached hydrogens (tertiary/aromatic N) is 2. The van der Waals surface area contributed by atoms with Gasteiger partial charge in [-0.15, -0.1) is 0 Å². The quantitative estimate of drug-likeness (QED) is 0.207. The molecule has 1 saturated heterocycles. The van der Waals surface area contributed by atoms with Gasteiger partial charge in [0.1, 0.15) is 11.6 Å². The number of rotatable bonds is 7. The van der Waals surface area contributed by atoms with Crippen molar-refractivity contribution in [2.45, 2.75) is 20.0 Å². The standard InChI is InChI=1S/C25H20BrCl3N2O4/c1-2-34-18-9-15(10-30-31-24(32)19-13-4-5-14(8-13)20(19)25(31)33)21(26)22(29)23(18)35-11-12-3-6-16(27)17(28)7-12/h3-7,9-10,13-14,19-20H,2,8,11H2,1H3/t13-,14-,19-,20+/m0/s1. The number of benzene rings is 2. The summed E-state index contributed by atoms with van der Waals surface area (Å²) in [6.45, 7) is 2.40. The molecule has 10 heteroatoms. The van der Waals surface area contributed by atoms with E-state index in [1.165, 1.54) is 6.21 Å². The fourth-order valence-corrected chi connectivity index (χ4v) is 5.98. The molecule has 0 spiro atoms. The first-order valence-electron chi connectivity index (χ1n) is 11.1. The van der Waals surface area contributed by atoms with E-state index in [1.54, 1.807) is 24.3 Å². The molecule has 1 saturated carbocycles. The lowest BCUT2D eigenvalue weighted by molar-refractivity contribution is -0.140.